The van der Waals surface area contributed by atoms with Gasteiger partial charge in [-0.05, 0) is 41.5 Å². The van der Waals surface area contributed by atoms with Crippen LogP contribution in [0.15, 0.2) is 21.0 Å². The van der Waals surface area contributed by atoms with E-state index in [4.69, 9.17) is 16.0 Å². The number of aryl methyl sites for hydroxylation is 1. The van der Waals surface area contributed by atoms with Crippen molar-refractivity contribution in [3.63, 3.8) is 0 Å². The first-order chi connectivity index (χ1) is 8.17. The molecule has 2 nitrogen and oxygen atoms in total. The lowest BCUT2D eigenvalue weighted by molar-refractivity contribution is 0.522. The van der Waals surface area contributed by atoms with E-state index in [0.29, 0.717) is 0 Å². The van der Waals surface area contributed by atoms with Gasteiger partial charge in [-0.2, -0.15) is 0 Å². The van der Waals surface area contributed by atoms with Crippen molar-refractivity contribution < 1.29 is 4.42 Å². The highest BCUT2D eigenvalue weighted by Gasteiger charge is 2.15. The molecule has 0 unspecified atom stereocenters. The fourth-order valence-corrected chi connectivity index (χ4v) is 2.94. The first-order valence-corrected chi connectivity index (χ1v) is 6.88. The maximum Gasteiger partial charge on any atom is 0.148 e. The smallest absolute Gasteiger partial charge is 0.148 e. The molecule has 4 heteroatoms. The van der Waals surface area contributed by atoms with Crippen LogP contribution >= 0.6 is 27.5 Å². The minimum absolute atomic E-state index is 0.735. The van der Waals surface area contributed by atoms with Crippen molar-refractivity contribution in [3.05, 3.63) is 33.0 Å². The summed E-state index contributed by atoms with van der Waals surface area (Å²) in [5.74, 6) is 1.01. The van der Waals surface area contributed by atoms with Crippen molar-refractivity contribution in [2.45, 2.75) is 26.3 Å². The molecule has 1 aromatic carbocycles. The second kappa shape index (κ2) is 5.42. The van der Waals surface area contributed by atoms with Crippen LogP contribution in [0.2, 0.25) is 5.02 Å². The van der Waals surface area contributed by atoms with Crippen LogP contribution < -0.4 is 5.32 Å². The highest BCUT2D eigenvalue weighted by atomic mass is 79.9. The molecule has 0 bridgehead atoms. The number of nitrogens with one attached hydrogen (secondary N) is 1. The molecule has 0 spiro atoms. The molecule has 0 saturated heterocycles. The lowest BCUT2D eigenvalue weighted by atomic mass is 10.1. The highest BCUT2D eigenvalue weighted by Crippen LogP contribution is 2.35. The van der Waals surface area contributed by atoms with Crippen LogP contribution in [0.4, 0.5) is 0 Å². The lowest BCUT2D eigenvalue weighted by Crippen LogP contribution is -2.05. The predicted octanol–water partition coefficient (Wildman–Crippen LogP) is 4.52. The van der Waals surface area contributed by atoms with Crippen molar-refractivity contribution in [3.8, 4) is 0 Å². The number of furan rings is 1. The first kappa shape index (κ1) is 12.9. The summed E-state index contributed by atoms with van der Waals surface area (Å²) in [5, 5.41) is 4.99. The van der Waals surface area contributed by atoms with E-state index < -0.39 is 0 Å². The normalized spacial score (nSPS) is 11.3. The van der Waals surface area contributed by atoms with Crippen molar-refractivity contribution in [1.82, 2.24) is 5.32 Å². The lowest BCUT2D eigenvalue weighted by Gasteiger charge is -2.00. The molecule has 1 heterocycles. The average molecular weight is 317 g/mol. The van der Waals surface area contributed by atoms with Gasteiger partial charge in [-0.15, -0.1) is 0 Å². The Morgan fingerprint density at radius 3 is 2.82 bits per heavy atom. The quantitative estimate of drug-likeness (QED) is 0.897. The Kier molecular flexibility index (Phi) is 4.13. The Balaban J connectivity index is 2.66. The van der Waals surface area contributed by atoms with Crippen molar-refractivity contribution in [2.24, 2.45) is 0 Å². The molecule has 0 radical (unpaired) electrons. The molecule has 2 rings (SSSR count). The summed E-state index contributed by atoms with van der Waals surface area (Å²) in [6.07, 6.45) is 2.10. The van der Waals surface area contributed by atoms with Crippen LogP contribution in [-0.2, 0) is 13.0 Å². The molecule has 0 aliphatic rings. The molecule has 0 amide bonds. The zero-order valence-electron chi connectivity index (χ0n) is 9.94. The van der Waals surface area contributed by atoms with Crippen LogP contribution in [-0.4, -0.2) is 7.05 Å². The van der Waals surface area contributed by atoms with E-state index in [1.165, 1.54) is 5.56 Å². The second-order valence-electron chi connectivity index (χ2n) is 4.05. The van der Waals surface area contributed by atoms with Gasteiger partial charge in [-0.25, -0.2) is 0 Å². The Labute approximate surface area is 114 Å². The Morgan fingerprint density at radius 1 is 1.41 bits per heavy atom. The molecular formula is C13H15BrClNO. The third-order valence-electron chi connectivity index (χ3n) is 2.73. The molecule has 92 valence electrons. The van der Waals surface area contributed by atoms with Crippen molar-refractivity contribution in [2.75, 3.05) is 7.05 Å². The molecule has 0 atom stereocenters. The van der Waals surface area contributed by atoms with E-state index in [0.717, 1.165) is 45.6 Å². The van der Waals surface area contributed by atoms with Gasteiger partial charge in [0.05, 0.1) is 11.0 Å². The molecule has 17 heavy (non-hydrogen) atoms. The summed E-state index contributed by atoms with van der Waals surface area (Å²) < 4.78 is 6.83. The van der Waals surface area contributed by atoms with E-state index in [-0.39, 0.29) is 0 Å². The zero-order valence-corrected chi connectivity index (χ0v) is 12.3. The fraction of sp³-hybridized carbons (Fsp3) is 0.385. The minimum atomic E-state index is 0.735. The fourth-order valence-electron chi connectivity index (χ4n) is 2.05. The van der Waals surface area contributed by atoms with Crippen LogP contribution in [0.5, 0.6) is 0 Å². The number of rotatable bonds is 4. The Morgan fingerprint density at radius 2 is 2.18 bits per heavy atom. The monoisotopic (exact) mass is 315 g/mol. The molecule has 0 aliphatic carbocycles. The van der Waals surface area contributed by atoms with Gasteiger partial charge < -0.3 is 9.73 Å². The van der Waals surface area contributed by atoms with Gasteiger partial charge in [-0.1, -0.05) is 24.9 Å². The molecule has 0 aliphatic heterocycles. The molecular weight excluding hydrogens is 302 g/mol. The zero-order chi connectivity index (χ0) is 12.4. The number of halogens is 2. The van der Waals surface area contributed by atoms with Crippen LogP contribution in [0.3, 0.4) is 0 Å². The van der Waals surface area contributed by atoms with Crippen molar-refractivity contribution >= 4 is 38.5 Å². The summed E-state index contributed by atoms with van der Waals surface area (Å²) in [6.45, 7) is 2.91. The van der Waals surface area contributed by atoms with E-state index >= 15 is 0 Å². The maximum atomic E-state index is 6.10. The van der Waals surface area contributed by atoms with E-state index in [1.807, 2.05) is 19.2 Å². The maximum absolute atomic E-state index is 6.10. The Hall–Kier alpha value is -0.510. The largest absolute Gasteiger partial charge is 0.458 e. The van der Waals surface area contributed by atoms with Crippen LogP contribution in [0.25, 0.3) is 11.0 Å². The standard InChI is InChI=1S/C13H15BrClNO/c1-3-4-9-10-5-8(15)6-11(14)13(10)17-12(9)7-16-2/h5-6,16H,3-4,7H2,1-2H3. The summed E-state index contributed by atoms with van der Waals surface area (Å²) in [4.78, 5) is 0. The number of hydrogen-bond donors (Lipinski definition) is 1. The van der Waals surface area contributed by atoms with Crippen LogP contribution in [0.1, 0.15) is 24.7 Å². The van der Waals surface area contributed by atoms with Gasteiger partial charge in [0.1, 0.15) is 11.3 Å². The van der Waals surface area contributed by atoms with Crippen molar-refractivity contribution in [1.29, 1.82) is 0 Å². The Bertz CT molecular complexity index is 536. The van der Waals surface area contributed by atoms with E-state index in [1.54, 1.807) is 0 Å². The van der Waals surface area contributed by atoms with Gasteiger partial charge in [0.15, 0.2) is 0 Å². The first-order valence-electron chi connectivity index (χ1n) is 5.71. The minimum Gasteiger partial charge on any atom is -0.458 e. The highest BCUT2D eigenvalue weighted by molar-refractivity contribution is 9.10. The number of benzene rings is 1. The summed E-state index contributed by atoms with van der Waals surface area (Å²) >= 11 is 9.59. The second-order valence-corrected chi connectivity index (χ2v) is 5.34. The number of hydrogen-bond acceptors (Lipinski definition) is 2. The van der Waals surface area contributed by atoms with Gasteiger partial charge in [0, 0.05) is 16.0 Å². The topological polar surface area (TPSA) is 25.2 Å². The van der Waals surface area contributed by atoms with E-state index in [2.05, 4.69) is 28.2 Å². The molecule has 1 aromatic heterocycles. The molecule has 0 saturated carbocycles. The number of fused-ring (bicyclic) bond motifs is 1. The summed E-state index contributed by atoms with van der Waals surface area (Å²) in [7, 11) is 1.92. The predicted molar refractivity (Wildman–Crippen MR) is 75.7 cm³/mol. The van der Waals surface area contributed by atoms with Gasteiger partial charge in [-0.3, -0.25) is 0 Å². The third kappa shape index (κ3) is 2.51. The summed E-state index contributed by atoms with van der Waals surface area (Å²) in [6, 6.07) is 3.85. The molecule has 0 fully saturated rings. The van der Waals surface area contributed by atoms with Gasteiger partial charge in [0.2, 0.25) is 0 Å². The van der Waals surface area contributed by atoms with Gasteiger partial charge >= 0.3 is 0 Å². The average Bonchev–Trinajstić information content (AvgIpc) is 2.59. The third-order valence-corrected chi connectivity index (χ3v) is 3.54. The SMILES string of the molecule is CCCc1c(CNC)oc2c(Br)cc(Cl)cc12. The van der Waals surface area contributed by atoms with Gasteiger partial charge in [0.25, 0.3) is 0 Å². The molecule has 1 N–H and O–H groups in total. The molecule has 2 aromatic rings. The summed E-state index contributed by atoms with van der Waals surface area (Å²) in [5.41, 5.74) is 2.16. The van der Waals surface area contributed by atoms with E-state index in [9.17, 15) is 0 Å². The van der Waals surface area contributed by atoms with Crippen LogP contribution in [0, 0.1) is 0 Å².